The first kappa shape index (κ1) is 11.6. The maximum Gasteiger partial charge on any atom is 0.0729 e. The molecule has 1 fully saturated rings. The number of anilines is 1. The number of benzene rings is 1. The van der Waals surface area contributed by atoms with Gasteiger partial charge in [-0.3, -0.25) is 5.01 Å². The fourth-order valence-electron chi connectivity index (χ4n) is 3.30. The van der Waals surface area contributed by atoms with Crippen molar-refractivity contribution in [2.24, 2.45) is 5.92 Å². The fourth-order valence-corrected chi connectivity index (χ4v) is 3.30. The van der Waals surface area contributed by atoms with Gasteiger partial charge < -0.3 is 5.43 Å². The van der Waals surface area contributed by atoms with Crippen LogP contribution in [0.3, 0.4) is 0 Å². The Hall–Kier alpha value is -1.44. The zero-order chi connectivity index (χ0) is 12.4. The topological polar surface area (TPSA) is 15.3 Å². The van der Waals surface area contributed by atoms with E-state index in [9.17, 15) is 0 Å². The van der Waals surface area contributed by atoms with Gasteiger partial charge >= 0.3 is 0 Å². The smallest absolute Gasteiger partial charge is 0.0729 e. The highest BCUT2D eigenvalue weighted by atomic mass is 15.5. The Morgan fingerprint density at radius 3 is 2.67 bits per heavy atom. The number of hydrogen-bond acceptors (Lipinski definition) is 2. The van der Waals surface area contributed by atoms with E-state index < -0.39 is 0 Å². The van der Waals surface area contributed by atoms with Crippen molar-refractivity contribution in [1.82, 2.24) is 5.43 Å². The van der Waals surface area contributed by atoms with Crippen LogP contribution in [-0.2, 0) is 0 Å². The predicted octanol–water partition coefficient (Wildman–Crippen LogP) is 3.78. The van der Waals surface area contributed by atoms with Gasteiger partial charge in [0.1, 0.15) is 0 Å². The average Bonchev–Trinajstić information content (AvgIpc) is 2.89. The number of nitrogens with zero attached hydrogens (tertiary/aromatic N) is 1. The van der Waals surface area contributed by atoms with E-state index in [0.29, 0.717) is 6.04 Å². The molecule has 1 aromatic carbocycles. The molecule has 0 radical (unpaired) electrons. The van der Waals surface area contributed by atoms with Gasteiger partial charge in [-0.1, -0.05) is 37.5 Å². The van der Waals surface area contributed by atoms with Crippen molar-refractivity contribution in [3.05, 3.63) is 42.1 Å². The van der Waals surface area contributed by atoms with Crippen molar-refractivity contribution in [3.8, 4) is 0 Å². The first-order chi connectivity index (χ1) is 8.86. The summed E-state index contributed by atoms with van der Waals surface area (Å²) >= 11 is 0. The number of hydrazine groups is 1. The van der Waals surface area contributed by atoms with Gasteiger partial charge in [0.15, 0.2) is 0 Å². The first-order valence-corrected chi connectivity index (χ1v) is 7.14. The van der Waals surface area contributed by atoms with Gasteiger partial charge in [0.05, 0.1) is 11.7 Å². The summed E-state index contributed by atoms with van der Waals surface area (Å²) in [5.74, 6) is 0.810. The molecule has 3 rings (SSSR count). The van der Waals surface area contributed by atoms with E-state index in [-0.39, 0.29) is 0 Å². The molecule has 0 bridgehead atoms. The monoisotopic (exact) mass is 242 g/mol. The molecule has 2 nitrogen and oxygen atoms in total. The molecule has 1 N–H and O–H groups in total. The molecule has 1 saturated carbocycles. The third-order valence-electron chi connectivity index (χ3n) is 4.31. The van der Waals surface area contributed by atoms with E-state index in [0.717, 1.165) is 5.92 Å². The Bertz CT molecular complexity index is 432. The zero-order valence-electron chi connectivity index (χ0n) is 11.1. The SMILES string of the molecule is Cc1ccccc1N1NC=CC1C1CCCCC1. The molecule has 1 aromatic rings. The van der Waals surface area contributed by atoms with E-state index in [1.807, 2.05) is 0 Å². The third kappa shape index (κ3) is 2.12. The summed E-state index contributed by atoms with van der Waals surface area (Å²) < 4.78 is 0. The van der Waals surface area contributed by atoms with E-state index in [2.05, 4.69) is 53.9 Å². The van der Waals surface area contributed by atoms with Gasteiger partial charge in [-0.25, -0.2) is 0 Å². The Balaban J connectivity index is 1.82. The molecule has 18 heavy (non-hydrogen) atoms. The molecule has 1 unspecified atom stereocenters. The second-order valence-corrected chi connectivity index (χ2v) is 5.53. The normalized spacial score (nSPS) is 24.3. The van der Waals surface area contributed by atoms with Gasteiger partial charge in [-0.15, -0.1) is 0 Å². The Labute approximate surface area is 110 Å². The van der Waals surface area contributed by atoms with E-state index >= 15 is 0 Å². The fraction of sp³-hybridized carbons (Fsp3) is 0.500. The second kappa shape index (κ2) is 5.05. The molecule has 1 aliphatic carbocycles. The van der Waals surface area contributed by atoms with E-state index in [1.54, 1.807) is 0 Å². The first-order valence-electron chi connectivity index (χ1n) is 7.14. The van der Waals surface area contributed by atoms with E-state index in [1.165, 1.54) is 43.4 Å². The van der Waals surface area contributed by atoms with Crippen molar-refractivity contribution in [3.63, 3.8) is 0 Å². The molecule has 96 valence electrons. The molecule has 1 heterocycles. The van der Waals surface area contributed by atoms with Crippen molar-refractivity contribution in [1.29, 1.82) is 0 Å². The van der Waals surface area contributed by atoms with Gasteiger partial charge in [0.2, 0.25) is 0 Å². The highest BCUT2D eigenvalue weighted by molar-refractivity contribution is 5.55. The van der Waals surface area contributed by atoms with Crippen LogP contribution < -0.4 is 10.4 Å². The number of aryl methyl sites for hydroxylation is 1. The Morgan fingerprint density at radius 1 is 1.11 bits per heavy atom. The van der Waals surface area contributed by atoms with Crippen molar-refractivity contribution in [2.45, 2.75) is 45.1 Å². The zero-order valence-corrected chi connectivity index (χ0v) is 11.1. The lowest BCUT2D eigenvalue weighted by Crippen LogP contribution is -2.42. The molecule has 2 heteroatoms. The lowest BCUT2D eigenvalue weighted by Gasteiger charge is -2.35. The number of nitrogens with one attached hydrogen (secondary N) is 1. The minimum atomic E-state index is 0.534. The van der Waals surface area contributed by atoms with Crippen molar-refractivity contribution >= 4 is 5.69 Å². The average molecular weight is 242 g/mol. The molecule has 0 aromatic heterocycles. The van der Waals surface area contributed by atoms with Crippen molar-refractivity contribution in [2.75, 3.05) is 5.01 Å². The van der Waals surface area contributed by atoms with Crippen LogP contribution in [0.15, 0.2) is 36.5 Å². The summed E-state index contributed by atoms with van der Waals surface area (Å²) in [6.07, 6.45) is 11.4. The standard InChI is InChI=1S/C16H22N2/c1-13-7-5-6-10-15(13)18-16(11-12-17-18)14-8-3-2-4-9-14/h5-7,10-12,14,16-17H,2-4,8-9H2,1H3. The lowest BCUT2D eigenvalue weighted by atomic mass is 9.83. The van der Waals surface area contributed by atoms with Crippen LogP contribution in [0.25, 0.3) is 0 Å². The minimum absolute atomic E-state index is 0.534. The molecule has 0 spiro atoms. The Morgan fingerprint density at radius 2 is 1.89 bits per heavy atom. The summed E-state index contributed by atoms with van der Waals surface area (Å²) in [4.78, 5) is 0. The van der Waals surface area contributed by atoms with Gasteiger partial charge in [0, 0.05) is 6.20 Å². The summed E-state index contributed by atoms with van der Waals surface area (Å²) in [5, 5.41) is 2.35. The van der Waals surface area contributed by atoms with Crippen LogP contribution in [-0.4, -0.2) is 6.04 Å². The highest BCUT2D eigenvalue weighted by Gasteiger charge is 2.30. The highest BCUT2D eigenvalue weighted by Crippen LogP contribution is 2.33. The lowest BCUT2D eigenvalue weighted by molar-refractivity contribution is 0.323. The predicted molar refractivity (Wildman–Crippen MR) is 76.3 cm³/mol. The third-order valence-corrected chi connectivity index (χ3v) is 4.31. The molecular weight excluding hydrogens is 220 g/mol. The van der Waals surface area contributed by atoms with Crippen LogP contribution in [0.4, 0.5) is 5.69 Å². The van der Waals surface area contributed by atoms with Crippen LogP contribution in [0.5, 0.6) is 0 Å². The maximum atomic E-state index is 3.41. The maximum absolute atomic E-state index is 3.41. The molecule has 1 atom stereocenters. The molecule has 0 saturated heterocycles. The summed E-state index contributed by atoms with van der Waals surface area (Å²) in [6.45, 7) is 2.19. The van der Waals surface area contributed by atoms with Gasteiger partial charge in [-0.05, 0) is 43.4 Å². The molecule has 1 aliphatic heterocycles. The number of hydrogen-bond donors (Lipinski definition) is 1. The van der Waals surface area contributed by atoms with E-state index in [4.69, 9.17) is 0 Å². The van der Waals surface area contributed by atoms with Crippen LogP contribution in [0.1, 0.15) is 37.7 Å². The van der Waals surface area contributed by atoms with Crippen LogP contribution in [0.2, 0.25) is 0 Å². The quantitative estimate of drug-likeness (QED) is 0.849. The van der Waals surface area contributed by atoms with Crippen LogP contribution >= 0.6 is 0 Å². The molecule has 2 aliphatic rings. The molecule has 0 amide bonds. The summed E-state index contributed by atoms with van der Waals surface area (Å²) in [5.41, 5.74) is 6.07. The van der Waals surface area contributed by atoms with Crippen molar-refractivity contribution < 1.29 is 0 Å². The largest absolute Gasteiger partial charge is 0.305 e. The van der Waals surface area contributed by atoms with Gasteiger partial charge in [0.25, 0.3) is 0 Å². The Kier molecular flexibility index (Phi) is 3.26. The second-order valence-electron chi connectivity index (χ2n) is 5.53. The molecular formula is C16H22N2. The summed E-state index contributed by atoms with van der Waals surface area (Å²) in [6, 6.07) is 9.17. The number of rotatable bonds is 2. The van der Waals surface area contributed by atoms with Crippen LogP contribution in [0, 0.1) is 12.8 Å². The number of para-hydroxylation sites is 1. The summed E-state index contributed by atoms with van der Waals surface area (Å²) in [7, 11) is 0. The minimum Gasteiger partial charge on any atom is -0.305 e. The van der Waals surface area contributed by atoms with Gasteiger partial charge in [-0.2, -0.15) is 0 Å².